The summed E-state index contributed by atoms with van der Waals surface area (Å²) in [6.07, 6.45) is 1.78. The first-order chi connectivity index (χ1) is 12.1. The number of amides is 2. The molecule has 2 aliphatic heterocycles. The number of carbonyl (C=O) groups is 2. The number of hydrogen-bond donors (Lipinski definition) is 0. The highest BCUT2D eigenvalue weighted by Gasteiger charge is 2.32. The Balaban J connectivity index is 1.63. The SMILES string of the molecule is COCCN1CCCN(C(=O)[C@@H]2CCc3cc(C)ccc3O2)CC1=O. The molecule has 0 N–H and O–H groups in total. The van der Waals surface area contributed by atoms with Gasteiger partial charge in [-0.25, -0.2) is 0 Å². The van der Waals surface area contributed by atoms with E-state index in [1.54, 1.807) is 16.9 Å². The number of carbonyl (C=O) groups excluding carboxylic acids is 2. The minimum Gasteiger partial charge on any atom is -0.480 e. The molecular weight excluding hydrogens is 320 g/mol. The molecular formula is C19H26N2O4. The summed E-state index contributed by atoms with van der Waals surface area (Å²) in [5.41, 5.74) is 2.35. The standard InChI is InChI=1S/C19H26N2O4/c1-14-4-6-16-15(12-14)5-7-17(25-16)19(23)21-9-3-8-20(10-11-24-2)18(22)13-21/h4,6,12,17H,3,5,7-11,13H2,1-2H3/t17-/m0/s1. The van der Waals surface area contributed by atoms with Gasteiger partial charge in [0.2, 0.25) is 5.91 Å². The minimum atomic E-state index is -0.492. The van der Waals surface area contributed by atoms with Crippen molar-refractivity contribution in [3.8, 4) is 5.75 Å². The van der Waals surface area contributed by atoms with Crippen molar-refractivity contribution >= 4 is 11.8 Å². The lowest BCUT2D eigenvalue weighted by atomic mass is 9.99. The second kappa shape index (κ2) is 7.87. The predicted molar refractivity (Wildman–Crippen MR) is 93.6 cm³/mol. The van der Waals surface area contributed by atoms with Crippen LogP contribution in [0.25, 0.3) is 0 Å². The van der Waals surface area contributed by atoms with Gasteiger partial charge in [0.15, 0.2) is 6.10 Å². The monoisotopic (exact) mass is 346 g/mol. The summed E-state index contributed by atoms with van der Waals surface area (Å²) >= 11 is 0. The zero-order chi connectivity index (χ0) is 17.8. The third kappa shape index (κ3) is 4.12. The molecule has 1 aromatic rings. The molecule has 1 fully saturated rings. The van der Waals surface area contributed by atoms with Crippen LogP contribution in [-0.2, 0) is 20.7 Å². The molecule has 1 saturated heterocycles. The number of rotatable bonds is 4. The van der Waals surface area contributed by atoms with Crippen molar-refractivity contribution in [2.24, 2.45) is 0 Å². The molecule has 25 heavy (non-hydrogen) atoms. The van der Waals surface area contributed by atoms with Gasteiger partial charge in [-0.15, -0.1) is 0 Å². The van der Waals surface area contributed by atoms with E-state index in [0.29, 0.717) is 32.7 Å². The van der Waals surface area contributed by atoms with Gasteiger partial charge in [0.05, 0.1) is 13.2 Å². The van der Waals surface area contributed by atoms with Gasteiger partial charge in [-0.3, -0.25) is 9.59 Å². The van der Waals surface area contributed by atoms with Crippen molar-refractivity contribution in [2.45, 2.75) is 32.3 Å². The molecule has 0 aliphatic carbocycles. The van der Waals surface area contributed by atoms with Gasteiger partial charge in [0.25, 0.3) is 5.91 Å². The number of aryl methyl sites for hydroxylation is 2. The molecule has 6 heteroatoms. The molecule has 136 valence electrons. The van der Waals surface area contributed by atoms with E-state index in [-0.39, 0.29) is 18.4 Å². The van der Waals surface area contributed by atoms with Crippen molar-refractivity contribution in [2.75, 3.05) is 39.9 Å². The Hall–Kier alpha value is -2.08. The predicted octanol–water partition coefficient (Wildman–Crippen LogP) is 1.40. The van der Waals surface area contributed by atoms with Gasteiger partial charge in [0.1, 0.15) is 5.75 Å². The van der Waals surface area contributed by atoms with E-state index in [4.69, 9.17) is 9.47 Å². The number of ether oxygens (including phenoxy) is 2. The molecule has 0 radical (unpaired) electrons. The number of fused-ring (bicyclic) bond motifs is 1. The van der Waals surface area contributed by atoms with Crippen LogP contribution in [-0.4, -0.2) is 67.6 Å². The maximum Gasteiger partial charge on any atom is 0.264 e. The Bertz CT molecular complexity index is 646. The topological polar surface area (TPSA) is 59.1 Å². The van der Waals surface area contributed by atoms with Gasteiger partial charge in [-0.05, 0) is 37.8 Å². The lowest BCUT2D eigenvalue weighted by Gasteiger charge is -2.30. The van der Waals surface area contributed by atoms with Gasteiger partial charge in [-0.1, -0.05) is 17.7 Å². The summed E-state index contributed by atoms with van der Waals surface area (Å²) in [6.45, 7) is 4.53. The second-order valence-corrected chi connectivity index (χ2v) is 6.74. The van der Waals surface area contributed by atoms with Crippen LogP contribution in [0.4, 0.5) is 0 Å². The number of methoxy groups -OCH3 is 1. The first-order valence-electron chi connectivity index (χ1n) is 8.90. The zero-order valence-electron chi connectivity index (χ0n) is 15.0. The van der Waals surface area contributed by atoms with Crippen LogP contribution in [0, 0.1) is 6.92 Å². The Labute approximate surface area is 148 Å². The third-order valence-electron chi connectivity index (χ3n) is 4.85. The van der Waals surface area contributed by atoms with Crippen molar-refractivity contribution < 1.29 is 19.1 Å². The minimum absolute atomic E-state index is 0.0188. The maximum absolute atomic E-state index is 12.9. The molecule has 2 amide bonds. The second-order valence-electron chi connectivity index (χ2n) is 6.74. The molecule has 1 atom stereocenters. The summed E-state index contributed by atoms with van der Waals surface area (Å²) in [5.74, 6) is 0.695. The van der Waals surface area contributed by atoms with Crippen LogP contribution in [0.3, 0.4) is 0 Å². The molecule has 0 spiro atoms. The number of hydrogen-bond acceptors (Lipinski definition) is 4. The molecule has 2 aliphatic rings. The molecule has 0 unspecified atom stereocenters. The normalized spacial score (nSPS) is 20.7. The molecule has 0 saturated carbocycles. The maximum atomic E-state index is 12.9. The van der Waals surface area contributed by atoms with E-state index in [1.807, 2.05) is 12.1 Å². The van der Waals surface area contributed by atoms with E-state index in [1.165, 1.54) is 5.56 Å². The van der Waals surface area contributed by atoms with E-state index in [2.05, 4.69) is 13.0 Å². The van der Waals surface area contributed by atoms with Gasteiger partial charge < -0.3 is 19.3 Å². The summed E-state index contributed by atoms with van der Waals surface area (Å²) in [5, 5.41) is 0. The van der Waals surface area contributed by atoms with Crippen molar-refractivity contribution in [3.05, 3.63) is 29.3 Å². The van der Waals surface area contributed by atoms with Crippen LogP contribution in [0.2, 0.25) is 0 Å². The van der Waals surface area contributed by atoms with E-state index in [0.717, 1.165) is 24.2 Å². The molecule has 6 nitrogen and oxygen atoms in total. The molecule has 0 aromatic heterocycles. The fourth-order valence-electron chi connectivity index (χ4n) is 3.44. The highest BCUT2D eigenvalue weighted by molar-refractivity contribution is 5.87. The first kappa shape index (κ1) is 17.7. The summed E-state index contributed by atoms with van der Waals surface area (Å²) in [6, 6.07) is 6.04. The Kier molecular flexibility index (Phi) is 5.58. The van der Waals surface area contributed by atoms with Crippen molar-refractivity contribution in [1.29, 1.82) is 0 Å². The Morgan fingerprint density at radius 2 is 2.20 bits per heavy atom. The lowest BCUT2D eigenvalue weighted by molar-refractivity contribution is -0.144. The Morgan fingerprint density at radius 1 is 1.36 bits per heavy atom. The summed E-state index contributed by atoms with van der Waals surface area (Å²) in [7, 11) is 1.62. The zero-order valence-corrected chi connectivity index (χ0v) is 15.0. The summed E-state index contributed by atoms with van der Waals surface area (Å²) in [4.78, 5) is 28.7. The van der Waals surface area contributed by atoms with Crippen molar-refractivity contribution in [1.82, 2.24) is 9.80 Å². The average Bonchev–Trinajstić information content (AvgIpc) is 2.80. The third-order valence-corrected chi connectivity index (χ3v) is 4.85. The largest absolute Gasteiger partial charge is 0.480 e. The van der Waals surface area contributed by atoms with Gasteiger partial charge in [-0.2, -0.15) is 0 Å². The quantitative estimate of drug-likeness (QED) is 0.827. The lowest BCUT2D eigenvalue weighted by Crippen LogP contribution is -2.46. The average molecular weight is 346 g/mol. The first-order valence-corrected chi connectivity index (χ1v) is 8.90. The number of benzene rings is 1. The van der Waals surface area contributed by atoms with Crippen LogP contribution < -0.4 is 4.74 Å². The van der Waals surface area contributed by atoms with E-state index < -0.39 is 6.10 Å². The van der Waals surface area contributed by atoms with Gasteiger partial charge in [0, 0.05) is 26.7 Å². The van der Waals surface area contributed by atoms with E-state index in [9.17, 15) is 9.59 Å². The van der Waals surface area contributed by atoms with E-state index >= 15 is 0 Å². The number of nitrogens with zero attached hydrogens (tertiary/aromatic N) is 2. The van der Waals surface area contributed by atoms with Gasteiger partial charge >= 0.3 is 0 Å². The molecule has 1 aromatic carbocycles. The molecule has 0 bridgehead atoms. The van der Waals surface area contributed by atoms with Crippen LogP contribution in [0.1, 0.15) is 24.0 Å². The fourth-order valence-corrected chi connectivity index (χ4v) is 3.44. The molecule has 2 heterocycles. The molecule has 3 rings (SSSR count). The summed E-state index contributed by atoms with van der Waals surface area (Å²) < 4.78 is 11.0. The smallest absolute Gasteiger partial charge is 0.264 e. The highest BCUT2D eigenvalue weighted by atomic mass is 16.5. The Morgan fingerprint density at radius 3 is 3.00 bits per heavy atom. The van der Waals surface area contributed by atoms with Crippen LogP contribution in [0.5, 0.6) is 5.75 Å². The van der Waals surface area contributed by atoms with Crippen molar-refractivity contribution in [3.63, 3.8) is 0 Å². The highest BCUT2D eigenvalue weighted by Crippen LogP contribution is 2.29. The van der Waals surface area contributed by atoms with Crippen LogP contribution in [0.15, 0.2) is 18.2 Å². The fraction of sp³-hybridized carbons (Fsp3) is 0.579. The van der Waals surface area contributed by atoms with Crippen LogP contribution >= 0.6 is 0 Å².